The van der Waals surface area contributed by atoms with E-state index >= 15 is 0 Å². The SMILES string of the molecule is CCOP(=O)(OCC)[C@@](O[Si](C)(C)C)(C(C)C)[P@](=O)(OCC)C(=O)C(C)(C)C. The second-order valence-corrected chi connectivity index (χ2v) is 18.3. The minimum atomic E-state index is -4.35. The van der Waals surface area contributed by atoms with Gasteiger partial charge < -0.3 is 18.0 Å². The zero-order chi connectivity index (χ0) is 22.6. The molecule has 0 spiro atoms. The molecule has 0 aliphatic rings. The zero-order valence-electron chi connectivity index (χ0n) is 19.5. The van der Waals surface area contributed by atoms with Crippen LogP contribution in [0.4, 0.5) is 0 Å². The minimum absolute atomic E-state index is 0.000869. The van der Waals surface area contributed by atoms with Crippen molar-refractivity contribution in [1.29, 1.82) is 0 Å². The molecule has 0 saturated carbocycles. The molecule has 7 nitrogen and oxygen atoms in total. The first-order valence-corrected chi connectivity index (χ1v) is 16.5. The van der Waals surface area contributed by atoms with E-state index in [1.807, 2.05) is 19.6 Å². The van der Waals surface area contributed by atoms with Crippen LogP contribution in [0.5, 0.6) is 0 Å². The topological polar surface area (TPSA) is 88.1 Å². The Balaban J connectivity index is 7.34. The van der Waals surface area contributed by atoms with E-state index in [0.717, 1.165) is 0 Å². The monoisotopic (exact) mass is 458 g/mol. The van der Waals surface area contributed by atoms with Gasteiger partial charge in [0.05, 0.1) is 19.8 Å². The van der Waals surface area contributed by atoms with Crippen molar-refractivity contribution in [2.75, 3.05) is 19.8 Å². The normalized spacial score (nSPS) is 18.0. The predicted molar refractivity (Wildman–Crippen MR) is 117 cm³/mol. The van der Waals surface area contributed by atoms with E-state index in [-0.39, 0.29) is 19.8 Å². The fourth-order valence-corrected chi connectivity index (χ4v) is 13.1. The summed E-state index contributed by atoms with van der Waals surface area (Å²) in [5.74, 6) is -0.633. The Kier molecular flexibility index (Phi) is 10.1. The molecule has 168 valence electrons. The molecule has 0 N–H and O–H groups in total. The highest BCUT2D eigenvalue weighted by Gasteiger charge is 2.71. The van der Waals surface area contributed by atoms with Crippen molar-refractivity contribution in [3.63, 3.8) is 0 Å². The zero-order valence-corrected chi connectivity index (χ0v) is 22.2. The Bertz CT molecular complexity index is 612. The van der Waals surface area contributed by atoms with E-state index < -0.39 is 45.2 Å². The van der Waals surface area contributed by atoms with Crippen LogP contribution in [-0.2, 0) is 31.9 Å². The van der Waals surface area contributed by atoms with Crippen molar-refractivity contribution < 1.29 is 31.9 Å². The lowest BCUT2D eigenvalue weighted by molar-refractivity contribution is -0.120. The molecular weight excluding hydrogens is 418 g/mol. The third kappa shape index (κ3) is 5.66. The molecule has 0 aliphatic carbocycles. The van der Waals surface area contributed by atoms with E-state index in [4.69, 9.17) is 18.0 Å². The van der Waals surface area contributed by atoms with Crippen molar-refractivity contribution in [3.05, 3.63) is 0 Å². The Morgan fingerprint density at radius 3 is 1.54 bits per heavy atom. The molecule has 0 bridgehead atoms. The average molecular weight is 459 g/mol. The number of carbonyl (C=O) groups excluding carboxylic acids is 1. The summed E-state index contributed by atoms with van der Waals surface area (Å²) in [6.45, 7) is 19.1. The van der Waals surface area contributed by atoms with Crippen LogP contribution in [0.25, 0.3) is 0 Å². The maximum atomic E-state index is 14.5. The molecule has 10 heteroatoms. The summed E-state index contributed by atoms with van der Waals surface area (Å²) in [7, 11) is -11.0. The Labute approximate surface area is 172 Å². The highest BCUT2D eigenvalue weighted by molar-refractivity contribution is 7.86. The quantitative estimate of drug-likeness (QED) is 0.250. The lowest BCUT2D eigenvalue weighted by Gasteiger charge is -2.48. The van der Waals surface area contributed by atoms with E-state index in [9.17, 15) is 13.9 Å². The van der Waals surface area contributed by atoms with Crippen molar-refractivity contribution in [2.24, 2.45) is 11.3 Å². The van der Waals surface area contributed by atoms with E-state index in [0.29, 0.717) is 0 Å². The van der Waals surface area contributed by atoms with Crippen molar-refractivity contribution >= 4 is 28.8 Å². The summed E-state index contributed by atoms with van der Waals surface area (Å²) in [5.41, 5.74) is -1.63. The Hall–Kier alpha value is 0.187. The molecule has 0 amide bonds. The van der Waals surface area contributed by atoms with Crippen LogP contribution in [0.15, 0.2) is 0 Å². The molecule has 0 aliphatic heterocycles. The molecular formula is C18H40O7P2Si. The fraction of sp³-hybridized carbons (Fsp3) is 0.944. The van der Waals surface area contributed by atoms with Crippen LogP contribution in [0.1, 0.15) is 55.4 Å². The summed E-state index contributed by atoms with van der Waals surface area (Å²) in [6, 6.07) is 0. The summed E-state index contributed by atoms with van der Waals surface area (Å²) in [6.07, 6.45) is 0. The Morgan fingerprint density at radius 1 is 0.893 bits per heavy atom. The van der Waals surface area contributed by atoms with Crippen molar-refractivity contribution in [3.8, 4) is 0 Å². The van der Waals surface area contributed by atoms with Gasteiger partial charge in [0.25, 0.3) is 0 Å². The molecule has 0 radical (unpaired) electrons. The summed E-state index contributed by atoms with van der Waals surface area (Å²) >= 11 is 0. The van der Waals surface area contributed by atoms with Gasteiger partial charge >= 0.3 is 15.0 Å². The van der Waals surface area contributed by atoms with Crippen LogP contribution in [0, 0.1) is 11.3 Å². The molecule has 0 unspecified atom stereocenters. The third-order valence-corrected chi connectivity index (χ3v) is 12.5. The van der Waals surface area contributed by atoms with Crippen LogP contribution in [-0.4, -0.2) is 38.7 Å². The smallest absolute Gasteiger partial charge is 0.371 e. The van der Waals surface area contributed by atoms with Crippen LogP contribution in [0.3, 0.4) is 0 Å². The predicted octanol–water partition coefficient (Wildman–Crippen LogP) is 6.30. The first kappa shape index (κ1) is 28.2. The highest BCUT2D eigenvalue weighted by atomic mass is 31.2. The molecule has 0 heterocycles. The number of hydrogen-bond acceptors (Lipinski definition) is 7. The maximum Gasteiger partial charge on any atom is 0.371 e. The van der Waals surface area contributed by atoms with Crippen molar-refractivity contribution in [2.45, 2.75) is 80.1 Å². The number of hydrogen-bond donors (Lipinski definition) is 0. The number of rotatable bonds is 12. The minimum Gasteiger partial charge on any atom is -0.394 e. The van der Waals surface area contributed by atoms with Gasteiger partial charge in [-0.05, 0) is 40.4 Å². The van der Waals surface area contributed by atoms with Gasteiger partial charge in [0.15, 0.2) is 8.32 Å². The maximum absolute atomic E-state index is 14.5. The van der Waals surface area contributed by atoms with Gasteiger partial charge in [-0.25, -0.2) is 0 Å². The fourth-order valence-electron chi connectivity index (χ4n) is 2.98. The summed E-state index contributed by atoms with van der Waals surface area (Å²) in [4.78, 5) is 13.5. The second-order valence-electron chi connectivity index (χ2n) is 8.89. The van der Waals surface area contributed by atoms with Crippen LogP contribution < -0.4 is 0 Å². The third-order valence-electron chi connectivity index (χ3n) is 3.84. The standard InChI is InChI=1S/C18H40O7P2Si/c1-12-22-26(20,16(19)17(6,7)8)18(15(4)5,25-28(9,10)11)27(21,23-13-2)24-14-3/h15H,12-14H2,1-11H3/t18-,26-/m1/s1. The number of carbonyl (C=O) groups is 1. The second kappa shape index (κ2) is 10.00. The molecule has 0 fully saturated rings. The van der Waals surface area contributed by atoms with Gasteiger partial charge in [-0.1, -0.05) is 34.6 Å². The van der Waals surface area contributed by atoms with Crippen molar-refractivity contribution in [1.82, 2.24) is 0 Å². The molecule has 28 heavy (non-hydrogen) atoms. The van der Waals surface area contributed by atoms with Crippen LogP contribution in [0.2, 0.25) is 19.6 Å². The first-order chi connectivity index (χ1) is 12.5. The molecule has 0 rings (SSSR count). The van der Waals surface area contributed by atoms with Gasteiger partial charge in [0.2, 0.25) is 10.6 Å². The van der Waals surface area contributed by atoms with E-state index in [2.05, 4.69) is 0 Å². The lowest BCUT2D eigenvalue weighted by Crippen LogP contribution is -2.50. The van der Waals surface area contributed by atoms with Crippen LogP contribution >= 0.6 is 15.0 Å². The Morgan fingerprint density at radius 2 is 1.29 bits per heavy atom. The molecule has 0 aromatic rings. The van der Waals surface area contributed by atoms with Gasteiger partial charge in [-0.2, -0.15) is 0 Å². The largest absolute Gasteiger partial charge is 0.394 e. The highest BCUT2D eigenvalue weighted by Crippen LogP contribution is 2.81. The van der Waals surface area contributed by atoms with Gasteiger partial charge in [0, 0.05) is 11.3 Å². The van der Waals surface area contributed by atoms with E-state index in [1.165, 1.54) is 0 Å². The molecule has 0 saturated heterocycles. The van der Waals surface area contributed by atoms with E-state index in [1.54, 1.807) is 55.4 Å². The molecule has 0 aromatic carbocycles. The van der Waals surface area contributed by atoms with Gasteiger partial charge in [-0.15, -0.1) is 0 Å². The molecule has 2 atom stereocenters. The first-order valence-electron chi connectivity index (χ1n) is 9.88. The lowest BCUT2D eigenvalue weighted by atomic mass is 9.99. The summed E-state index contributed by atoms with van der Waals surface area (Å²) in [5, 5.41) is -2.02. The summed E-state index contributed by atoms with van der Waals surface area (Å²) < 4.78 is 52.0. The van der Waals surface area contributed by atoms with Gasteiger partial charge in [-0.3, -0.25) is 13.9 Å². The molecule has 0 aromatic heterocycles. The van der Waals surface area contributed by atoms with Gasteiger partial charge in [0.1, 0.15) is 0 Å². The average Bonchev–Trinajstić information content (AvgIpc) is 2.50.